The van der Waals surface area contributed by atoms with Gasteiger partial charge in [0.1, 0.15) is 0 Å². The zero-order valence-electron chi connectivity index (χ0n) is 17.7. The topological polar surface area (TPSA) is 37.4 Å². The summed E-state index contributed by atoms with van der Waals surface area (Å²) in [4.78, 5) is 0. The largest absolute Gasteiger partial charge is 0.416 e. The zero-order chi connectivity index (χ0) is 27.3. The number of anilines is 2. The van der Waals surface area contributed by atoms with Crippen molar-refractivity contribution in [1.29, 1.82) is 0 Å². The van der Waals surface area contributed by atoms with Crippen molar-refractivity contribution >= 4 is 33.0 Å². The number of nitrogens with zero attached hydrogens (tertiary/aromatic N) is 1. The maximum absolute atomic E-state index is 13.3. The number of hydrogen-bond acceptors (Lipinski definition) is 2. The molecular formula is C22H13ClF9NO2S. The molecule has 3 rings (SSSR count). The second-order valence-electron chi connectivity index (χ2n) is 7.53. The van der Waals surface area contributed by atoms with Crippen LogP contribution in [0.2, 0.25) is 5.02 Å². The first-order valence-corrected chi connectivity index (χ1v) is 11.8. The van der Waals surface area contributed by atoms with Crippen molar-refractivity contribution in [2.75, 3.05) is 10.6 Å². The Morgan fingerprint density at radius 1 is 0.639 bits per heavy atom. The third-order valence-electron chi connectivity index (χ3n) is 4.85. The van der Waals surface area contributed by atoms with Gasteiger partial charge in [-0.1, -0.05) is 29.8 Å². The number of hydrogen-bond donors (Lipinski definition) is 0. The third-order valence-corrected chi connectivity index (χ3v) is 6.25. The Balaban J connectivity index is 2.12. The van der Waals surface area contributed by atoms with E-state index in [0.717, 1.165) is 24.3 Å². The molecule has 0 atom stereocenters. The first-order valence-electron chi connectivity index (χ1n) is 9.55. The molecular weight excluding hydrogens is 549 g/mol. The predicted molar refractivity (Wildman–Crippen MR) is 115 cm³/mol. The van der Waals surface area contributed by atoms with Gasteiger partial charge in [0.05, 0.1) is 34.3 Å². The average molecular weight is 562 g/mol. The predicted octanol–water partition coefficient (Wildman–Crippen LogP) is 8.16. The van der Waals surface area contributed by atoms with Gasteiger partial charge in [0.25, 0.3) is 0 Å². The van der Waals surface area contributed by atoms with E-state index in [9.17, 15) is 47.9 Å². The molecule has 0 saturated heterocycles. The van der Waals surface area contributed by atoms with Gasteiger partial charge >= 0.3 is 18.5 Å². The molecule has 0 aliphatic heterocycles. The monoisotopic (exact) mass is 561 g/mol. The smallest absolute Gasteiger partial charge is 0.239 e. The number of benzene rings is 3. The quantitative estimate of drug-likeness (QED) is 0.301. The van der Waals surface area contributed by atoms with E-state index in [0.29, 0.717) is 12.3 Å². The number of sulfonamides is 1. The fourth-order valence-corrected chi connectivity index (χ4v) is 4.57. The molecule has 0 aromatic heterocycles. The molecule has 0 fully saturated rings. The fraction of sp³-hybridized carbons (Fsp3) is 0.182. The van der Waals surface area contributed by atoms with Crippen molar-refractivity contribution in [3.8, 4) is 11.1 Å². The van der Waals surface area contributed by atoms with Gasteiger partial charge in [0.2, 0.25) is 10.0 Å². The Kier molecular flexibility index (Phi) is 7.05. The molecule has 3 aromatic carbocycles. The molecule has 0 amide bonds. The maximum Gasteiger partial charge on any atom is 0.416 e. The molecule has 0 saturated carbocycles. The zero-order valence-corrected chi connectivity index (χ0v) is 19.3. The first-order chi connectivity index (χ1) is 16.3. The summed E-state index contributed by atoms with van der Waals surface area (Å²) in [5.74, 6) is 0. The molecule has 0 spiro atoms. The third kappa shape index (κ3) is 6.06. The van der Waals surface area contributed by atoms with E-state index in [1.54, 1.807) is 0 Å². The minimum absolute atomic E-state index is 0.126. The van der Waals surface area contributed by atoms with Crippen LogP contribution < -0.4 is 4.31 Å². The Morgan fingerprint density at radius 3 is 1.50 bits per heavy atom. The summed E-state index contributed by atoms with van der Waals surface area (Å²) in [6.07, 6.45) is -14.5. The summed E-state index contributed by atoms with van der Waals surface area (Å²) in [7, 11) is -4.46. The van der Waals surface area contributed by atoms with Crippen molar-refractivity contribution in [3.63, 3.8) is 0 Å². The molecule has 0 aliphatic rings. The van der Waals surface area contributed by atoms with Crippen LogP contribution in [0.3, 0.4) is 0 Å². The van der Waals surface area contributed by atoms with E-state index in [2.05, 4.69) is 0 Å². The summed E-state index contributed by atoms with van der Waals surface area (Å²) in [5.41, 5.74) is -5.34. The van der Waals surface area contributed by atoms with Gasteiger partial charge < -0.3 is 0 Å². The summed E-state index contributed by atoms with van der Waals surface area (Å²) in [6.45, 7) is 0. The Morgan fingerprint density at radius 2 is 1.11 bits per heavy atom. The molecule has 0 N–H and O–H groups in total. The SMILES string of the molecule is CS(=O)(=O)N(c1ccc(-c2ccc(C(F)(F)F)cc2Cl)cc1)c1cc(C(F)(F)F)cc(C(F)(F)F)c1. The van der Waals surface area contributed by atoms with Gasteiger partial charge in [-0.25, -0.2) is 12.7 Å². The van der Waals surface area contributed by atoms with E-state index in [1.165, 1.54) is 12.1 Å². The van der Waals surface area contributed by atoms with Crippen molar-refractivity contribution < 1.29 is 47.9 Å². The molecule has 36 heavy (non-hydrogen) atoms. The fourth-order valence-electron chi connectivity index (χ4n) is 3.29. The standard InChI is InChI=1S/C22H13ClF9NO2S/c1-36(34,35)33(17-9-14(21(27,28)29)8-15(10-17)22(30,31)32)16-5-2-12(3-6-16)18-7-4-13(11-19(18)23)20(24,25)26/h2-11H,1H3. The van der Waals surface area contributed by atoms with Gasteiger partial charge in [-0.05, 0) is 48.0 Å². The Bertz CT molecular complexity index is 1350. The van der Waals surface area contributed by atoms with Gasteiger partial charge in [0.15, 0.2) is 0 Å². The maximum atomic E-state index is 13.3. The molecule has 14 heteroatoms. The molecule has 0 unspecified atom stereocenters. The lowest BCUT2D eigenvalue weighted by Gasteiger charge is -2.25. The number of halogens is 10. The van der Waals surface area contributed by atoms with Crippen LogP contribution in [0.15, 0.2) is 60.7 Å². The summed E-state index contributed by atoms with van der Waals surface area (Å²) < 4.78 is 143. The van der Waals surface area contributed by atoms with Crippen LogP contribution in [0.1, 0.15) is 16.7 Å². The lowest BCUT2D eigenvalue weighted by Crippen LogP contribution is -2.25. The minimum Gasteiger partial charge on any atom is -0.239 e. The van der Waals surface area contributed by atoms with E-state index in [4.69, 9.17) is 11.6 Å². The van der Waals surface area contributed by atoms with Gasteiger partial charge in [-0.3, -0.25) is 0 Å². The second kappa shape index (κ2) is 9.18. The van der Waals surface area contributed by atoms with E-state index < -0.39 is 50.9 Å². The van der Waals surface area contributed by atoms with Crippen LogP contribution in [0.4, 0.5) is 50.9 Å². The van der Waals surface area contributed by atoms with Crippen LogP contribution in [0, 0.1) is 0 Å². The summed E-state index contributed by atoms with van der Waals surface area (Å²) >= 11 is 5.94. The van der Waals surface area contributed by atoms with Gasteiger partial charge in [-0.15, -0.1) is 0 Å². The second-order valence-corrected chi connectivity index (χ2v) is 9.77. The van der Waals surface area contributed by atoms with Gasteiger partial charge in [0, 0.05) is 10.6 Å². The lowest BCUT2D eigenvalue weighted by molar-refractivity contribution is -0.143. The highest BCUT2D eigenvalue weighted by Gasteiger charge is 2.38. The molecule has 0 heterocycles. The van der Waals surface area contributed by atoms with E-state index in [-0.39, 0.29) is 44.3 Å². The van der Waals surface area contributed by atoms with Crippen molar-refractivity contribution in [2.24, 2.45) is 0 Å². The highest BCUT2D eigenvalue weighted by atomic mass is 35.5. The molecule has 194 valence electrons. The van der Waals surface area contributed by atoms with Crippen LogP contribution in [0.25, 0.3) is 11.1 Å². The molecule has 0 bridgehead atoms. The first kappa shape index (κ1) is 27.7. The molecule has 0 aliphatic carbocycles. The van der Waals surface area contributed by atoms with Crippen molar-refractivity contribution in [1.82, 2.24) is 0 Å². The number of alkyl halides is 9. The summed E-state index contributed by atoms with van der Waals surface area (Å²) in [6, 6.07) is 7.44. The lowest BCUT2D eigenvalue weighted by atomic mass is 10.0. The normalized spacial score (nSPS) is 13.1. The highest BCUT2D eigenvalue weighted by molar-refractivity contribution is 7.92. The average Bonchev–Trinajstić information content (AvgIpc) is 2.71. The van der Waals surface area contributed by atoms with Crippen LogP contribution >= 0.6 is 11.6 Å². The Labute approximate surface area is 203 Å². The highest BCUT2D eigenvalue weighted by Crippen LogP contribution is 2.41. The van der Waals surface area contributed by atoms with Crippen LogP contribution in [-0.4, -0.2) is 14.7 Å². The molecule has 0 radical (unpaired) electrons. The van der Waals surface area contributed by atoms with Crippen LogP contribution in [0.5, 0.6) is 0 Å². The Hall–Kier alpha value is -2.93. The number of rotatable bonds is 4. The molecule has 3 nitrogen and oxygen atoms in total. The summed E-state index contributed by atoms with van der Waals surface area (Å²) in [5, 5.41) is -0.287. The van der Waals surface area contributed by atoms with Gasteiger partial charge in [-0.2, -0.15) is 39.5 Å². The molecule has 3 aromatic rings. The van der Waals surface area contributed by atoms with E-state index >= 15 is 0 Å². The van der Waals surface area contributed by atoms with Crippen molar-refractivity contribution in [3.05, 3.63) is 82.4 Å². The van der Waals surface area contributed by atoms with E-state index in [1.807, 2.05) is 0 Å². The van der Waals surface area contributed by atoms with Crippen LogP contribution in [-0.2, 0) is 28.6 Å². The van der Waals surface area contributed by atoms with Crippen molar-refractivity contribution in [2.45, 2.75) is 18.5 Å². The minimum atomic E-state index is -5.21.